The van der Waals surface area contributed by atoms with Gasteiger partial charge in [0, 0.05) is 7.05 Å². The molecule has 2 aromatic rings. The minimum atomic E-state index is -3.78. The van der Waals surface area contributed by atoms with E-state index >= 15 is 0 Å². The number of rotatable bonds is 5. The molecule has 118 valence electrons. The second-order valence-electron chi connectivity index (χ2n) is 4.71. The van der Waals surface area contributed by atoms with Crippen LogP contribution in [0.15, 0.2) is 35.7 Å². The van der Waals surface area contributed by atoms with Gasteiger partial charge in [0.25, 0.3) is 10.0 Å². The molecule has 1 heterocycles. The van der Waals surface area contributed by atoms with Gasteiger partial charge >= 0.3 is 0 Å². The lowest BCUT2D eigenvalue weighted by Gasteiger charge is -2.16. The summed E-state index contributed by atoms with van der Waals surface area (Å²) in [5.74, 6) is -0.489. The molecule has 0 radical (unpaired) electrons. The fourth-order valence-corrected chi connectivity index (χ4v) is 3.05. The lowest BCUT2D eigenvalue weighted by atomic mass is 10.2. The van der Waals surface area contributed by atoms with Gasteiger partial charge in [-0.1, -0.05) is 17.7 Å². The van der Waals surface area contributed by atoms with Crippen LogP contribution in [0.5, 0.6) is 0 Å². The van der Waals surface area contributed by atoms with E-state index in [0.29, 0.717) is 10.7 Å². The molecule has 0 bridgehead atoms. The van der Waals surface area contributed by atoms with Crippen molar-refractivity contribution in [1.82, 2.24) is 14.3 Å². The number of halogens is 1. The number of amides is 1. The summed E-state index contributed by atoms with van der Waals surface area (Å²) in [4.78, 5) is 18.1. The molecule has 1 aromatic heterocycles. The molecular formula is C13H15ClN4O3S. The van der Waals surface area contributed by atoms with Gasteiger partial charge in [-0.3, -0.25) is 4.79 Å². The van der Waals surface area contributed by atoms with Crippen LogP contribution >= 0.6 is 11.6 Å². The van der Waals surface area contributed by atoms with Crippen LogP contribution in [0.3, 0.4) is 0 Å². The maximum absolute atomic E-state index is 12.1. The number of hydrogen-bond donors (Lipinski definition) is 2. The van der Waals surface area contributed by atoms with E-state index in [4.69, 9.17) is 11.6 Å². The van der Waals surface area contributed by atoms with E-state index in [1.807, 2.05) is 6.92 Å². The number of sulfonamides is 1. The van der Waals surface area contributed by atoms with Crippen LogP contribution in [-0.2, 0) is 14.8 Å². The number of anilines is 1. The standard InChI is InChI=1S/C13H15ClN4O3S/c1-9-3-4-11(10(14)5-9)17-12(19)7-18(2)22(20,21)13-6-15-8-16-13/h3-6,8H,7H2,1-2H3,(H,15,16)(H,17,19). The lowest BCUT2D eigenvalue weighted by molar-refractivity contribution is -0.116. The van der Waals surface area contributed by atoms with Crippen LogP contribution < -0.4 is 5.32 Å². The predicted molar refractivity (Wildman–Crippen MR) is 83.2 cm³/mol. The number of likely N-dealkylation sites (N-methyl/N-ethyl adjacent to an activating group) is 1. The number of H-pyrrole nitrogens is 1. The van der Waals surface area contributed by atoms with E-state index < -0.39 is 15.9 Å². The van der Waals surface area contributed by atoms with Crippen molar-refractivity contribution >= 4 is 33.2 Å². The average molecular weight is 343 g/mol. The number of carbonyl (C=O) groups excluding carboxylic acids is 1. The Kier molecular flexibility index (Phi) is 4.84. The Balaban J connectivity index is 2.06. The number of carbonyl (C=O) groups is 1. The highest BCUT2D eigenvalue weighted by atomic mass is 35.5. The van der Waals surface area contributed by atoms with Crippen LogP contribution in [0.1, 0.15) is 5.56 Å². The molecule has 7 nitrogen and oxygen atoms in total. The minimum absolute atomic E-state index is 0.0730. The number of imidazole rings is 1. The fraction of sp³-hybridized carbons (Fsp3) is 0.231. The molecule has 9 heteroatoms. The Morgan fingerprint density at radius 1 is 1.45 bits per heavy atom. The third-order valence-electron chi connectivity index (χ3n) is 2.93. The van der Waals surface area contributed by atoms with E-state index in [0.717, 1.165) is 9.87 Å². The normalized spacial score (nSPS) is 11.6. The quantitative estimate of drug-likeness (QED) is 0.863. The van der Waals surface area contributed by atoms with Gasteiger partial charge in [-0.2, -0.15) is 4.31 Å². The molecule has 0 saturated heterocycles. The van der Waals surface area contributed by atoms with E-state index in [1.54, 1.807) is 18.2 Å². The van der Waals surface area contributed by atoms with Gasteiger partial charge in [-0.05, 0) is 24.6 Å². The molecule has 22 heavy (non-hydrogen) atoms. The first-order chi connectivity index (χ1) is 10.3. The Hall–Kier alpha value is -1.90. The van der Waals surface area contributed by atoms with Crippen LogP contribution in [0.4, 0.5) is 5.69 Å². The van der Waals surface area contributed by atoms with Crippen molar-refractivity contribution in [2.45, 2.75) is 11.9 Å². The molecule has 2 N–H and O–H groups in total. The molecule has 2 rings (SSSR count). The zero-order chi connectivity index (χ0) is 16.3. The Morgan fingerprint density at radius 3 is 2.77 bits per heavy atom. The van der Waals surface area contributed by atoms with Crippen molar-refractivity contribution in [1.29, 1.82) is 0 Å². The van der Waals surface area contributed by atoms with Gasteiger partial charge in [0.2, 0.25) is 5.91 Å². The molecule has 0 spiro atoms. The highest BCUT2D eigenvalue weighted by molar-refractivity contribution is 7.89. The van der Waals surface area contributed by atoms with E-state index in [1.165, 1.54) is 19.6 Å². The van der Waals surface area contributed by atoms with Crippen LogP contribution in [0.2, 0.25) is 5.02 Å². The number of aryl methyl sites for hydroxylation is 1. The van der Waals surface area contributed by atoms with E-state index in [-0.39, 0.29) is 11.6 Å². The lowest BCUT2D eigenvalue weighted by Crippen LogP contribution is -2.35. The van der Waals surface area contributed by atoms with Gasteiger partial charge in [0.05, 0.1) is 29.8 Å². The Morgan fingerprint density at radius 2 is 2.18 bits per heavy atom. The van der Waals surface area contributed by atoms with Gasteiger partial charge in [-0.25, -0.2) is 13.4 Å². The number of nitrogens with one attached hydrogen (secondary N) is 2. The third kappa shape index (κ3) is 3.65. The summed E-state index contributed by atoms with van der Waals surface area (Å²) in [5.41, 5.74) is 1.39. The van der Waals surface area contributed by atoms with Gasteiger partial charge in [-0.15, -0.1) is 0 Å². The van der Waals surface area contributed by atoms with Crippen molar-refractivity contribution in [3.05, 3.63) is 41.3 Å². The van der Waals surface area contributed by atoms with E-state index in [2.05, 4.69) is 15.3 Å². The first-order valence-electron chi connectivity index (χ1n) is 6.31. The summed E-state index contributed by atoms with van der Waals surface area (Å²) in [6, 6.07) is 5.17. The highest BCUT2D eigenvalue weighted by Gasteiger charge is 2.24. The zero-order valence-corrected chi connectivity index (χ0v) is 13.6. The zero-order valence-electron chi connectivity index (χ0n) is 12.0. The summed E-state index contributed by atoms with van der Waals surface area (Å²) >= 11 is 6.02. The molecule has 0 aliphatic heterocycles. The Labute approximate surface area is 133 Å². The number of hydrogen-bond acceptors (Lipinski definition) is 4. The molecular weight excluding hydrogens is 328 g/mol. The van der Waals surface area contributed by atoms with Crippen LogP contribution in [0.25, 0.3) is 0 Å². The second-order valence-corrected chi connectivity index (χ2v) is 7.13. The summed E-state index contributed by atoms with van der Waals surface area (Å²) in [6.45, 7) is 1.54. The molecule has 0 unspecified atom stereocenters. The molecule has 0 aliphatic rings. The first-order valence-corrected chi connectivity index (χ1v) is 8.13. The topological polar surface area (TPSA) is 95.2 Å². The van der Waals surface area contributed by atoms with Crippen LogP contribution in [0, 0.1) is 6.92 Å². The van der Waals surface area contributed by atoms with Crippen molar-refractivity contribution in [2.75, 3.05) is 18.9 Å². The third-order valence-corrected chi connectivity index (χ3v) is 4.97. The number of aromatic amines is 1. The summed E-state index contributed by atoms with van der Waals surface area (Å²) in [7, 11) is -2.47. The number of aromatic nitrogens is 2. The van der Waals surface area contributed by atoms with E-state index in [9.17, 15) is 13.2 Å². The molecule has 0 fully saturated rings. The summed E-state index contributed by atoms with van der Waals surface area (Å²) < 4.78 is 25.2. The van der Waals surface area contributed by atoms with Gasteiger partial charge in [0.1, 0.15) is 0 Å². The van der Waals surface area contributed by atoms with Crippen molar-refractivity contribution in [2.24, 2.45) is 0 Å². The minimum Gasteiger partial charge on any atom is -0.335 e. The largest absolute Gasteiger partial charge is 0.335 e. The van der Waals surface area contributed by atoms with Crippen molar-refractivity contribution in [3.8, 4) is 0 Å². The molecule has 0 saturated carbocycles. The SMILES string of the molecule is Cc1ccc(NC(=O)CN(C)S(=O)(=O)c2cnc[nH]2)c(Cl)c1. The fourth-order valence-electron chi connectivity index (χ4n) is 1.75. The first kappa shape index (κ1) is 16.5. The average Bonchev–Trinajstić information content (AvgIpc) is 2.96. The Bertz CT molecular complexity index is 775. The monoisotopic (exact) mass is 342 g/mol. The number of benzene rings is 1. The predicted octanol–water partition coefficient (Wildman–Crippen LogP) is 1.63. The maximum atomic E-state index is 12.1. The van der Waals surface area contributed by atoms with Gasteiger partial charge in [0.15, 0.2) is 5.03 Å². The smallest absolute Gasteiger partial charge is 0.260 e. The summed E-state index contributed by atoms with van der Waals surface area (Å²) in [5, 5.41) is 2.91. The maximum Gasteiger partial charge on any atom is 0.260 e. The summed E-state index contributed by atoms with van der Waals surface area (Å²) in [6.07, 6.45) is 2.44. The van der Waals surface area contributed by atoms with Crippen molar-refractivity contribution in [3.63, 3.8) is 0 Å². The molecule has 0 atom stereocenters. The molecule has 1 aromatic carbocycles. The highest BCUT2D eigenvalue weighted by Crippen LogP contribution is 2.22. The van der Waals surface area contributed by atoms with Gasteiger partial charge < -0.3 is 10.3 Å². The van der Waals surface area contributed by atoms with Crippen molar-refractivity contribution < 1.29 is 13.2 Å². The number of nitrogens with zero attached hydrogens (tertiary/aromatic N) is 2. The van der Waals surface area contributed by atoms with Crippen LogP contribution in [-0.4, -0.2) is 42.2 Å². The molecule has 0 aliphatic carbocycles. The second kappa shape index (κ2) is 6.47. The molecule has 1 amide bonds.